The van der Waals surface area contributed by atoms with Gasteiger partial charge in [-0.15, -0.1) is 0 Å². The molecule has 1 fully saturated rings. The maximum absolute atomic E-state index is 11.6. The Kier molecular flexibility index (Phi) is 3.73. The van der Waals surface area contributed by atoms with E-state index in [1.54, 1.807) is 0 Å². The van der Waals surface area contributed by atoms with E-state index in [2.05, 4.69) is 0 Å². The number of carbonyl (C=O) groups is 1. The molecular weight excluding hydrogens is 192 g/mol. The van der Waals surface area contributed by atoms with E-state index in [1.807, 2.05) is 20.8 Å². The fourth-order valence-corrected chi connectivity index (χ4v) is 1.84. The van der Waals surface area contributed by atoms with Gasteiger partial charge in [0.25, 0.3) is 0 Å². The molecule has 1 rings (SSSR count). The maximum Gasteiger partial charge on any atom is 0.323 e. The zero-order valence-corrected chi connectivity index (χ0v) is 9.82. The number of esters is 1. The van der Waals surface area contributed by atoms with Crippen LogP contribution in [0.1, 0.15) is 33.6 Å². The van der Waals surface area contributed by atoms with Crippen molar-refractivity contribution in [2.24, 2.45) is 23.3 Å². The lowest BCUT2D eigenvalue weighted by Gasteiger charge is -2.38. The van der Waals surface area contributed by atoms with Gasteiger partial charge < -0.3 is 16.2 Å². The molecule has 1 saturated carbocycles. The van der Waals surface area contributed by atoms with Gasteiger partial charge in [-0.05, 0) is 52.0 Å². The monoisotopic (exact) mass is 214 g/mol. The van der Waals surface area contributed by atoms with E-state index in [1.165, 1.54) is 0 Å². The van der Waals surface area contributed by atoms with Crippen molar-refractivity contribution in [1.29, 1.82) is 0 Å². The molecule has 0 heterocycles. The molecule has 0 aromatic carbocycles. The molecule has 4 N–H and O–H groups in total. The van der Waals surface area contributed by atoms with Crippen LogP contribution >= 0.6 is 0 Å². The Labute approximate surface area is 91.3 Å². The van der Waals surface area contributed by atoms with Crippen molar-refractivity contribution in [3.05, 3.63) is 0 Å². The Hall–Kier alpha value is -0.610. The highest BCUT2D eigenvalue weighted by Gasteiger charge is 2.37. The van der Waals surface area contributed by atoms with Crippen molar-refractivity contribution < 1.29 is 9.53 Å². The zero-order valence-electron chi connectivity index (χ0n) is 9.82. The van der Waals surface area contributed by atoms with Crippen LogP contribution in [0.5, 0.6) is 0 Å². The molecule has 1 atom stereocenters. The average molecular weight is 214 g/mol. The Balaban J connectivity index is 2.35. The molecule has 0 radical (unpaired) electrons. The van der Waals surface area contributed by atoms with E-state index in [0.717, 1.165) is 12.8 Å². The lowest BCUT2D eigenvalue weighted by Crippen LogP contribution is -2.48. The summed E-state index contributed by atoms with van der Waals surface area (Å²) in [6, 6.07) is -0.480. The van der Waals surface area contributed by atoms with E-state index in [0.29, 0.717) is 12.5 Å². The fourth-order valence-electron chi connectivity index (χ4n) is 1.84. The van der Waals surface area contributed by atoms with Crippen LogP contribution in [0.25, 0.3) is 0 Å². The molecule has 0 spiro atoms. The Morgan fingerprint density at radius 1 is 1.47 bits per heavy atom. The van der Waals surface area contributed by atoms with Gasteiger partial charge in [-0.1, -0.05) is 0 Å². The second-order valence-electron chi connectivity index (χ2n) is 5.39. The van der Waals surface area contributed by atoms with Gasteiger partial charge in [-0.2, -0.15) is 0 Å². The van der Waals surface area contributed by atoms with Crippen molar-refractivity contribution in [2.45, 2.75) is 45.3 Å². The summed E-state index contributed by atoms with van der Waals surface area (Å²) in [4.78, 5) is 11.6. The molecule has 0 aliphatic heterocycles. The molecule has 4 heteroatoms. The third-order valence-corrected chi connectivity index (χ3v) is 2.79. The van der Waals surface area contributed by atoms with E-state index < -0.39 is 11.6 Å². The quantitative estimate of drug-likeness (QED) is 0.676. The van der Waals surface area contributed by atoms with Gasteiger partial charge in [0.05, 0.1) is 0 Å². The van der Waals surface area contributed by atoms with Crippen LogP contribution in [0.3, 0.4) is 0 Å². The summed E-state index contributed by atoms with van der Waals surface area (Å²) in [6.07, 6.45) is 1.91. The van der Waals surface area contributed by atoms with Crippen LogP contribution < -0.4 is 11.5 Å². The third-order valence-electron chi connectivity index (χ3n) is 2.79. The average Bonchev–Trinajstić information content (AvgIpc) is 1.98. The standard InChI is InChI=1S/C11H22N2O2/c1-11(2,3)15-10(14)9(13)8-4-7(5-8)6-12/h7-9H,4-6,12-13H2,1-3H3. The number of nitrogens with two attached hydrogens (primary N) is 2. The van der Waals surface area contributed by atoms with Gasteiger partial charge in [-0.3, -0.25) is 4.79 Å². The predicted molar refractivity (Wildman–Crippen MR) is 59.1 cm³/mol. The van der Waals surface area contributed by atoms with Crippen LogP contribution in [0.15, 0.2) is 0 Å². The van der Waals surface area contributed by atoms with E-state index in [4.69, 9.17) is 16.2 Å². The maximum atomic E-state index is 11.6. The molecule has 1 unspecified atom stereocenters. The first-order chi connectivity index (χ1) is 6.83. The molecule has 4 nitrogen and oxygen atoms in total. The van der Waals surface area contributed by atoms with Gasteiger partial charge in [0, 0.05) is 0 Å². The van der Waals surface area contributed by atoms with Crippen LogP contribution in [-0.2, 0) is 9.53 Å². The van der Waals surface area contributed by atoms with Crippen molar-refractivity contribution in [3.8, 4) is 0 Å². The molecule has 1 aliphatic carbocycles. The van der Waals surface area contributed by atoms with Gasteiger partial charge in [0.1, 0.15) is 11.6 Å². The first kappa shape index (κ1) is 12.5. The Morgan fingerprint density at radius 2 is 2.00 bits per heavy atom. The first-order valence-corrected chi connectivity index (χ1v) is 5.52. The number of carbonyl (C=O) groups excluding carboxylic acids is 1. The largest absolute Gasteiger partial charge is 0.459 e. The number of ether oxygens (including phenoxy) is 1. The second kappa shape index (κ2) is 4.49. The Morgan fingerprint density at radius 3 is 2.40 bits per heavy atom. The van der Waals surface area contributed by atoms with Crippen LogP contribution in [0, 0.1) is 11.8 Å². The van der Waals surface area contributed by atoms with Gasteiger partial charge in [-0.25, -0.2) is 0 Å². The molecule has 0 aromatic rings. The molecule has 15 heavy (non-hydrogen) atoms. The second-order valence-corrected chi connectivity index (χ2v) is 5.39. The smallest absolute Gasteiger partial charge is 0.323 e. The van der Waals surface area contributed by atoms with Gasteiger partial charge >= 0.3 is 5.97 Å². The number of rotatable bonds is 3. The molecule has 0 saturated heterocycles. The lowest BCUT2D eigenvalue weighted by atomic mass is 9.71. The topological polar surface area (TPSA) is 78.3 Å². The SMILES string of the molecule is CC(C)(C)OC(=O)C(N)C1CC(CN)C1. The van der Waals surface area contributed by atoms with Crippen molar-refractivity contribution in [2.75, 3.05) is 6.54 Å². The first-order valence-electron chi connectivity index (χ1n) is 5.52. The minimum Gasteiger partial charge on any atom is -0.459 e. The number of hydrogen-bond acceptors (Lipinski definition) is 4. The summed E-state index contributed by atoms with van der Waals surface area (Å²) in [5.41, 5.74) is 10.9. The zero-order chi connectivity index (χ0) is 11.6. The molecule has 0 amide bonds. The summed E-state index contributed by atoms with van der Waals surface area (Å²) in [5, 5.41) is 0. The highest BCUT2D eigenvalue weighted by Crippen LogP contribution is 2.35. The van der Waals surface area contributed by atoms with Crippen LogP contribution in [0.2, 0.25) is 0 Å². The summed E-state index contributed by atoms with van der Waals surface area (Å²) in [6.45, 7) is 6.24. The predicted octanol–water partition coefficient (Wildman–Crippen LogP) is 0.640. The normalized spacial score (nSPS) is 28.1. The Bertz CT molecular complexity index is 229. The van der Waals surface area contributed by atoms with E-state index in [9.17, 15) is 4.79 Å². The van der Waals surface area contributed by atoms with Crippen molar-refractivity contribution in [3.63, 3.8) is 0 Å². The fraction of sp³-hybridized carbons (Fsp3) is 0.909. The van der Waals surface area contributed by atoms with Gasteiger partial charge in [0.2, 0.25) is 0 Å². The van der Waals surface area contributed by atoms with Crippen LogP contribution in [0.4, 0.5) is 0 Å². The molecule has 88 valence electrons. The highest BCUT2D eigenvalue weighted by molar-refractivity contribution is 5.76. The van der Waals surface area contributed by atoms with Crippen molar-refractivity contribution >= 4 is 5.97 Å². The summed E-state index contributed by atoms with van der Waals surface area (Å²) < 4.78 is 5.23. The van der Waals surface area contributed by atoms with E-state index in [-0.39, 0.29) is 11.9 Å². The highest BCUT2D eigenvalue weighted by atomic mass is 16.6. The molecular formula is C11H22N2O2. The van der Waals surface area contributed by atoms with Gasteiger partial charge in [0.15, 0.2) is 0 Å². The summed E-state index contributed by atoms with van der Waals surface area (Å²) in [5.74, 6) is 0.514. The van der Waals surface area contributed by atoms with Crippen molar-refractivity contribution in [1.82, 2.24) is 0 Å². The number of hydrogen-bond donors (Lipinski definition) is 2. The molecule has 0 aromatic heterocycles. The minimum atomic E-state index is -0.480. The third kappa shape index (κ3) is 3.47. The summed E-state index contributed by atoms with van der Waals surface area (Å²) in [7, 11) is 0. The summed E-state index contributed by atoms with van der Waals surface area (Å²) >= 11 is 0. The molecule has 0 bridgehead atoms. The van der Waals surface area contributed by atoms with E-state index >= 15 is 0 Å². The van der Waals surface area contributed by atoms with Crippen LogP contribution in [-0.4, -0.2) is 24.2 Å². The minimum absolute atomic E-state index is 0.258. The lowest BCUT2D eigenvalue weighted by molar-refractivity contribution is -0.159. The molecule has 1 aliphatic rings.